The van der Waals surface area contributed by atoms with Crippen molar-refractivity contribution in [2.24, 2.45) is 11.7 Å². The molecule has 8 nitrogen and oxygen atoms in total. The summed E-state index contributed by atoms with van der Waals surface area (Å²) in [7, 11) is 7.50. The fraction of sp³-hybridized carbons (Fsp3) is 0.679. The van der Waals surface area contributed by atoms with Gasteiger partial charge in [0.1, 0.15) is 23.1 Å². The van der Waals surface area contributed by atoms with E-state index in [0.717, 1.165) is 37.7 Å². The van der Waals surface area contributed by atoms with E-state index in [1.54, 1.807) is 27.9 Å². The van der Waals surface area contributed by atoms with Crippen molar-refractivity contribution in [2.75, 3.05) is 74.1 Å². The molecule has 0 amide bonds. The van der Waals surface area contributed by atoms with Crippen LogP contribution in [0, 0.1) is 5.92 Å². The van der Waals surface area contributed by atoms with E-state index in [-0.39, 0.29) is 17.3 Å². The molecule has 1 aromatic carbocycles. The van der Waals surface area contributed by atoms with Crippen molar-refractivity contribution in [3.63, 3.8) is 0 Å². The average Bonchev–Trinajstić information content (AvgIpc) is 2.76. The molecule has 36 heavy (non-hydrogen) atoms. The van der Waals surface area contributed by atoms with Crippen LogP contribution >= 0.6 is 0 Å². The van der Waals surface area contributed by atoms with E-state index in [1.807, 2.05) is 43.1 Å². The van der Waals surface area contributed by atoms with E-state index >= 15 is 0 Å². The highest BCUT2D eigenvalue weighted by Crippen LogP contribution is 2.11. The van der Waals surface area contributed by atoms with Crippen LogP contribution < -0.4 is 10.5 Å². The maximum absolute atomic E-state index is 10.9. The third-order valence-electron chi connectivity index (χ3n) is 5.02. The Morgan fingerprint density at radius 3 is 1.56 bits per heavy atom. The van der Waals surface area contributed by atoms with Crippen LogP contribution in [-0.4, -0.2) is 106 Å². The summed E-state index contributed by atoms with van der Waals surface area (Å²) in [6, 6.07) is 8.03. The van der Waals surface area contributed by atoms with Crippen molar-refractivity contribution in [2.45, 2.75) is 47.5 Å². The molecule has 0 radical (unpaired) electrons. The highest BCUT2D eigenvalue weighted by molar-refractivity contribution is 5.78. The zero-order chi connectivity index (χ0) is 28.1. The quantitative estimate of drug-likeness (QED) is 0.386. The predicted molar refractivity (Wildman–Crippen MR) is 150 cm³/mol. The summed E-state index contributed by atoms with van der Waals surface area (Å²) < 4.78 is 5.09. The van der Waals surface area contributed by atoms with Crippen LogP contribution in [0.2, 0.25) is 0 Å². The molecule has 0 saturated carbocycles. The minimum atomic E-state index is 0.186. The first kappa shape index (κ1) is 36.0. The predicted octanol–water partition coefficient (Wildman–Crippen LogP) is 2.78. The second kappa shape index (κ2) is 22.1. The van der Waals surface area contributed by atoms with Gasteiger partial charge in [-0.15, -0.1) is 0 Å². The van der Waals surface area contributed by atoms with Gasteiger partial charge in [0.25, 0.3) is 0 Å². The first-order chi connectivity index (χ1) is 16.8. The summed E-state index contributed by atoms with van der Waals surface area (Å²) >= 11 is 0. The number of hydrogen-bond donors (Lipinski definition) is 1. The molecular weight excluding hydrogens is 456 g/mol. The second-order valence-electron chi connectivity index (χ2n) is 9.89. The highest BCUT2D eigenvalue weighted by Gasteiger charge is 2.03. The van der Waals surface area contributed by atoms with Gasteiger partial charge in [0.2, 0.25) is 0 Å². The molecule has 1 aromatic rings. The maximum atomic E-state index is 10.9. The molecule has 208 valence electrons. The largest absolute Gasteiger partial charge is 0.497 e. The van der Waals surface area contributed by atoms with Crippen LogP contribution in [0.15, 0.2) is 24.3 Å². The van der Waals surface area contributed by atoms with Crippen molar-refractivity contribution in [1.29, 1.82) is 0 Å². The SMILES string of the molecule is CC(=O)CN(C)CCC(C)C.CC(=O)CN(C)CCN.COc1ccc(CCN(C)CC(C)=O)cc1. The lowest BCUT2D eigenvalue weighted by Gasteiger charge is -2.15. The summed E-state index contributed by atoms with van der Waals surface area (Å²) in [6.45, 7) is 14.2. The van der Waals surface area contributed by atoms with Gasteiger partial charge in [-0.3, -0.25) is 29.1 Å². The van der Waals surface area contributed by atoms with E-state index in [2.05, 4.69) is 30.9 Å². The van der Waals surface area contributed by atoms with Gasteiger partial charge in [0.15, 0.2) is 0 Å². The first-order valence-corrected chi connectivity index (χ1v) is 12.7. The number of ketones is 3. The molecule has 0 aliphatic rings. The number of ether oxygens (including phenoxy) is 1. The van der Waals surface area contributed by atoms with Gasteiger partial charge in [0, 0.05) is 19.6 Å². The fourth-order valence-electron chi connectivity index (χ4n) is 3.19. The zero-order valence-corrected chi connectivity index (χ0v) is 24.3. The number of nitrogens with zero attached hydrogens (tertiary/aromatic N) is 3. The smallest absolute Gasteiger partial charge is 0.143 e. The lowest BCUT2D eigenvalue weighted by atomic mass is 10.1. The standard InChI is InChI=1S/C13H19NO2.C9H19NO.C6H14N2O/c1-11(15)10-14(2)9-8-12-4-6-13(16-3)7-5-12;1-8(2)5-6-10(4)7-9(3)11;1-6(9)5-8(2)4-3-7/h4-7H,8-10H2,1-3H3;8H,5-7H2,1-4H3;3-5,7H2,1-2H3. The van der Waals surface area contributed by atoms with Crippen molar-refractivity contribution >= 4 is 17.3 Å². The van der Waals surface area contributed by atoms with Gasteiger partial charge < -0.3 is 10.5 Å². The van der Waals surface area contributed by atoms with Gasteiger partial charge in [-0.1, -0.05) is 26.0 Å². The Bertz CT molecular complexity index is 723. The Hall–Kier alpha value is -2.13. The van der Waals surface area contributed by atoms with Crippen LogP contribution in [0.4, 0.5) is 0 Å². The third-order valence-corrected chi connectivity index (χ3v) is 5.02. The van der Waals surface area contributed by atoms with Crippen LogP contribution in [0.25, 0.3) is 0 Å². The summed E-state index contributed by atoms with van der Waals surface area (Å²) in [5, 5.41) is 0. The van der Waals surface area contributed by atoms with Gasteiger partial charge in [0.05, 0.1) is 26.7 Å². The molecule has 0 spiro atoms. The molecule has 0 atom stereocenters. The Kier molecular flexibility index (Phi) is 22.1. The molecule has 0 bridgehead atoms. The molecule has 0 aliphatic heterocycles. The van der Waals surface area contributed by atoms with Crippen LogP contribution in [0.3, 0.4) is 0 Å². The molecule has 2 N–H and O–H groups in total. The summed E-state index contributed by atoms with van der Waals surface area (Å²) in [5.41, 5.74) is 6.51. The number of rotatable bonds is 15. The van der Waals surface area contributed by atoms with Gasteiger partial charge >= 0.3 is 0 Å². The maximum Gasteiger partial charge on any atom is 0.143 e. The van der Waals surface area contributed by atoms with E-state index in [4.69, 9.17) is 10.5 Å². The molecule has 0 heterocycles. The zero-order valence-electron chi connectivity index (χ0n) is 24.3. The fourth-order valence-corrected chi connectivity index (χ4v) is 3.19. The number of nitrogens with two attached hydrogens (primary N) is 1. The van der Waals surface area contributed by atoms with Crippen molar-refractivity contribution in [3.05, 3.63) is 29.8 Å². The molecule has 1 rings (SSSR count). The normalized spacial score (nSPS) is 10.6. The van der Waals surface area contributed by atoms with E-state index < -0.39 is 0 Å². The third kappa shape index (κ3) is 25.0. The molecule has 0 aliphatic carbocycles. The van der Waals surface area contributed by atoms with E-state index in [0.29, 0.717) is 26.2 Å². The number of hydrogen-bond acceptors (Lipinski definition) is 8. The number of benzene rings is 1. The van der Waals surface area contributed by atoms with Crippen LogP contribution in [0.1, 0.15) is 46.6 Å². The van der Waals surface area contributed by atoms with E-state index in [1.165, 1.54) is 12.0 Å². The van der Waals surface area contributed by atoms with Gasteiger partial charge in [-0.25, -0.2) is 0 Å². The first-order valence-electron chi connectivity index (χ1n) is 12.7. The second-order valence-corrected chi connectivity index (χ2v) is 9.89. The lowest BCUT2D eigenvalue weighted by molar-refractivity contribution is -0.118. The molecule has 0 unspecified atom stereocenters. The van der Waals surface area contributed by atoms with Crippen molar-refractivity contribution in [3.8, 4) is 5.75 Å². The van der Waals surface area contributed by atoms with Crippen LogP contribution in [0.5, 0.6) is 5.75 Å². The Morgan fingerprint density at radius 1 is 0.778 bits per heavy atom. The number of likely N-dealkylation sites (N-methyl/N-ethyl adjacent to an activating group) is 3. The molecular formula is C28H52N4O4. The number of Topliss-reactive ketones (excluding diaryl/α,β-unsaturated/α-hetero) is 3. The summed E-state index contributed by atoms with van der Waals surface area (Å²) in [6.07, 6.45) is 2.12. The Morgan fingerprint density at radius 2 is 1.19 bits per heavy atom. The highest BCUT2D eigenvalue weighted by atomic mass is 16.5. The Balaban J connectivity index is 0. The number of carbonyl (C=O) groups is 3. The topological polar surface area (TPSA) is 96.2 Å². The minimum Gasteiger partial charge on any atom is -0.497 e. The van der Waals surface area contributed by atoms with Crippen molar-refractivity contribution in [1.82, 2.24) is 14.7 Å². The van der Waals surface area contributed by atoms with Gasteiger partial charge in [-0.05, 0) is 84.9 Å². The minimum absolute atomic E-state index is 0.186. The summed E-state index contributed by atoms with van der Waals surface area (Å²) in [4.78, 5) is 38.0. The molecule has 0 aromatic heterocycles. The number of carbonyl (C=O) groups excluding carboxylic acids is 3. The monoisotopic (exact) mass is 508 g/mol. The summed E-state index contributed by atoms with van der Waals surface area (Å²) in [5.74, 6) is 2.24. The number of methoxy groups -OCH3 is 1. The average molecular weight is 509 g/mol. The Labute approximate surface area is 220 Å². The molecule has 0 fully saturated rings. The molecule has 0 saturated heterocycles. The van der Waals surface area contributed by atoms with Crippen LogP contribution in [-0.2, 0) is 20.8 Å². The molecule has 8 heteroatoms. The lowest BCUT2D eigenvalue weighted by Crippen LogP contribution is -2.29. The van der Waals surface area contributed by atoms with Gasteiger partial charge in [-0.2, -0.15) is 0 Å². The van der Waals surface area contributed by atoms with Crippen molar-refractivity contribution < 1.29 is 19.1 Å². The van der Waals surface area contributed by atoms with E-state index in [9.17, 15) is 14.4 Å².